The summed E-state index contributed by atoms with van der Waals surface area (Å²) in [5.74, 6) is -1.32. The summed E-state index contributed by atoms with van der Waals surface area (Å²) in [5, 5.41) is 18.4. The van der Waals surface area contributed by atoms with E-state index in [0.29, 0.717) is 13.0 Å². The number of carboxylic acid groups (broad SMARTS) is 1. The first-order chi connectivity index (χ1) is 9.00. The van der Waals surface area contributed by atoms with E-state index in [1.165, 1.54) is 0 Å². The number of nitrogens with zero attached hydrogens (tertiary/aromatic N) is 2. The zero-order chi connectivity index (χ0) is 14.0. The molecule has 2 amide bonds. The van der Waals surface area contributed by atoms with Gasteiger partial charge in [0.25, 0.3) is 0 Å². The number of aromatic nitrogens is 2. The molecular weight excluding hydrogens is 248 g/mol. The SMILES string of the molecule is CC(NC(=O)N1CCC(C(=O)O)C1C)c1cn[nH]c1. The van der Waals surface area contributed by atoms with Crippen LogP contribution in [-0.2, 0) is 4.79 Å². The van der Waals surface area contributed by atoms with Crippen LogP contribution in [0.4, 0.5) is 4.79 Å². The Hall–Kier alpha value is -2.05. The van der Waals surface area contributed by atoms with Crippen molar-refractivity contribution >= 4 is 12.0 Å². The Labute approximate surface area is 111 Å². The zero-order valence-electron chi connectivity index (χ0n) is 11.0. The second kappa shape index (κ2) is 5.29. The minimum atomic E-state index is -0.842. The summed E-state index contributed by atoms with van der Waals surface area (Å²) in [6.07, 6.45) is 3.88. The van der Waals surface area contributed by atoms with E-state index in [4.69, 9.17) is 5.11 Å². The van der Waals surface area contributed by atoms with Crippen LogP contribution in [0.15, 0.2) is 12.4 Å². The summed E-state index contributed by atoms with van der Waals surface area (Å²) in [6.45, 7) is 4.11. The highest BCUT2D eigenvalue weighted by Crippen LogP contribution is 2.24. The molecule has 0 saturated carbocycles. The van der Waals surface area contributed by atoms with Gasteiger partial charge < -0.3 is 15.3 Å². The molecule has 1 aliphatic rings. The number of hydrogen-bond acceptors (Lipinski definition) is 3. The quantitative estimate of drug-likeness (QED) is 0.759. The van der Waals surface area contributed by atoms with E-state index in [9.17, 15) is 9.59 Å². The summed E-state index contributed by atoms with van der Waals surface area (Å²) in [6, 6.07) is -0.679. The third-order valence-electron chi connectivity index (χ3n) is 3.69. The Balaban J connectivity index is 1.96. The summed E-state index contributed by atoms with van der Waals surface area (Å²) in [7, 11) is 0. The van der Waals surface area contributed by atoms with E-state index >= 15 is 0 Å². The van der Waals surface area contributed by atoms with E-state index in [0.717, 1.165) is 5.56 Å². The Kier molecular flexibility index (Phi) is 3.73. The molecular formula is C12H18N4O3. The molecule has 0 radical (unpaired) electrons. The van der Waals surface area contributed by atoms with Gasteiger partial charge in [-0.25, -0.2) is 4.79 Å². The molecule has 0 aromatic carbocycles. The highest BCUT2D eigenvalue weighted by atomic mass is 16.4. The van der Waals surface area contributed by atoms with Gasteiger partial charge in [-0.15, -0.1) is 0 Å². The van der Waals surface area contributed by atoms with Gasteiger partial charge in [0.2, 0.25) is 0 Å². The molecule has 2 rings (SSSR count). The van der Waals surface area contributed by atoms with Crippen molar-refractivity contribution in [1.82, 2.24) is 20.4 Å². The van der Waals surface area contributed by atoms with Crippen LogP contribution in [0.2, 0.25) is 0 Å². The van der Waals surface area contributed by atoms with E-state index in [1.807, 2.05) is 6.92 Å². The molecule has 1 aromatic rings. The molecule has 0 bridgehead atoms. The van der Waals surface area contributed by atoms with Gasteiger partial charge in [0.05, 0.1) is 18.2 Å². The Bertz CT molecular complexity index is 460. The minimum absolute atomic E-state index is 0.165. The molecule has 1 aliphatic heterocycles. The average Bonchev–Trinajstić information content (AvgIpc) is 2.96. The highest BCUT2D eigenvalue weighted by molar-refractivity contribution is 5.78. The molecule has 1 aromatic heterocycles. The lowest BCUT2D eigenvalue weighted by Gasteiger charge is -2.25. The number of rotatable bonds is 3. The Morgan fingerprint density at radius 2 is 2.37 bits per heavy atom. The van der Waals surface area contributed by atoms with Crippen molar-refractivity contribution in [3.8, 4) is 0 Å². The number of aliphatic carboxylic acids is 1. The van der Waals surface area contributed by atoms with Gasteiger partial charge >= 0.3 is 12.0 Å². The molecule has 7 nitrogen and oxygen atoms in total. The monoisotopic (exact) mass is 266 g/mol. The van der Waals surface area contributed by atoms with Crippen LogP contribution in [0.25, 0.3) is 0 Å². The highest BCUT2D eigenvalue weighted by Gasteiger charge is 2.38. The van der Waals surface area contributed by atoms with Crippen molar-refractivity contribution in [2.75, 3.05) is 6.54 Å². The smallest absolute Gasteiger partial charge is 0.318 e. The fourth-order valence-electron chi connectivity index (χ4n) is 2.41. The zero-order valence-corrected chi connectivity index (χ0v) is 11.0. The van der Waals surface area contributed by atoms with Gasteiger partial charge in [-0.1, -0.05) is 0 Å². The largest absolute Gasteiger partial charge is 0.481 e. The third kappa shape index (κ3) is 2.69. The van der Waals surface area contributed by atoms with Gasteiger partial charge in [0, 0.05) is 24.3 Å². The number of carboxylic acids is 1. The number of likely N-dealkylation sites (tertiary alicyclic amines) is 1. The predicted molar refractivity (Wildman–Crippen MR) is 67.4 cm³/mol. The van der Waals surface area contributed by atoms with E-state index < -0.39 is 11.9 Å². The summed E-state index contributed by atoms with van der Waals surface area (Å²) >= 11 is 0. The number of hydrogen-bond donors (Lipinski definition) is 3. The number of H-pyrrole nitrogens is 1. The summed E-state index contributed by atoms with van der Waals surface area (Å²) < 4.78 is 0. The number of aromatic amines is 1. The van der Waals surface area contributed by atoms with Crippen LogP contribution < -0.4 is 5.32 Å². The number of carbonyl (C=O) groups is 2. The van der Waals surface area contributed by atoms with E-state index in [-0.39, 0.29) is 18.1 Å². The normalized spacial score (nSPS) is 24.2. The molecule has 2 heterocycles. The van der Waals surface area contributed by atoms with E-state index in [1.54, 1.807) is 24.2 Å². The fourth-order valence-corrected chi connectivity index (χ4v) is 2.41. The maximum atomic E-state index is 12.1. The lowest BCUT2D eigenvalue weighted by atomic mass is 10.0. The number of carbonyl (C=O) groups excluding carboxylic acids is 1. The molecule has 3 N–H and O–H groups in total. The number of nitrogens with one attached hydrogen (secondary N) is 2. The molecule has 104 valence electrons. The molecule has 1 saturated heterocycles. The molecule has 0 aliphatic carbocycles. The average molecular weight is 266 g/mol. The minimum Gasteiger partial charge on any atom is -0.481 e. The van der Waals surface area contributed by atoms with Crippen LogP contribution >= 0.6 is 0 Å². The fraction of sp³-hybridized carbons (Fsp3) is 0.583. The maximum Gasteiger partial charge on any atom is 0.318 e. The van der Waals surface area contributed by atoms with Crippen LogP contribution in [0.3, 0.4) is 0 Å². The Morgan fingerprint density at radius 3 is 2.89 bits per heavy atom. The maximum absolute atomic E-state index is 12.1. The lowest BCUT2D eigenvalue weighted by molar-refractivity contribution is -0.142. The van der Waals surface area contributed by atoms with E-state index in [2.05, 4.69) is 15.5 Å². The molecule has 3 atom stereocenters. The van der Waals surface area contributed by atoms with Crippen molar-refractivity contribution in [2.24, 2.45) is 5.92 Å². The lowest BCUT2D eigenvalue weighted by Crippen LogP contribution is -2.44. The van der Waals surface area contributed by atoms with Crippen molar-refractivity contribution in [3.63, 3.8) is 0 Å². The third-order valence-corrected chi connectivity index (χ3v) is 3.69. The number of urea groups is 1. The molecule has 3 unspecified atom stereocenters. The van der Waals surface area contributed by atoms with Gasteiger partial charge in [-0.2, -0.15) is 5.10 Å². The first-order valence-electron chi connectivity index (χ1n) is 6.29. The number of amides is 2. The van der Waals surface area contributed by atoms with Gasteiger partial charge in [-0.3, -0.25) is 9.89 Å². The standard InChI is InChI=1S/C12H18N4O3/c1-7(9-5-13-14-6-9)15-12(19)16-4-3-10(8(16)2)11(17)18/h5-8,10H,3-4H2,1-2H3,(H,13,14)(H,15,19)(H,17,18). The van der Waals surface area contributed by atoms with Crippen LogP contribution in [-0.4, -0.2) is 44.8 Å². The summed E-state index contributed by atoms with van der Waals surface area (Å²) in [5.41, 5.74) is 0.884. The van der Waals surface area contributed by atoms with Gasteiger partial charge in [0.1, 0.15) is 0 Å². The van der Waals surface area contributed by atoms with Crippen LogP contribution in [0.1, 0.15) is 31.9 Å². The predicted octanol–water partition coefficient (Wildman–Crippen LogP) is 0.975. The van der Waals surface area contributed by atoms with Gasteiger partial charge in [-0.05, 0) is 20.3 Å². The second-order valence-electron chi connectivity index (χ2n) is 4.87. The van der Waals surface area contributed by atoms with Crippen LogP contribution in [0.5, 0.6) is 0 Å². The van der Waals surface area contributed by atoms with Crippen molar-refractivity contribution in [2.45, 2.75) is 32.4 Å². The topological polar surface area (TPSA) is 98.3 Å². The van der Waals surface area contributed by atoms with Crippen molar-refractivity contribution in [3.05, 3.63) is 18.0 Å². The van der Waals surface area contributed by atoms with Crippen molar-refractivity contribution in [1.29, 1.82) is 0 Å². The first-order valence-corrected chi connectivity index (χ1v) is 6.29. The van der Waals surface area contributed by atoms with Crippen LogP contribution in [0, 0.1) is 5.92 Å². The van der Waals surface area contributed by atoms with Crippen molar-refractivity contribution < 1.29 is 14.7 Å². The molecule has 0 spiro atoms. The van der Waals surface area contributed by atoms with Gasteiger partial charge in [0.15, 0.2) is 0 Å². The first kappa shape index (κ1) is 13.4. The molecule has 7 heteroatoms. The summed E-state index contributed by atoms with van der Waals surface area (Å²) in [4.78, 5) is 24.7. The molecule has 19 heavy (non-hydrogen) atoms. The molecule has 1 fully saturated rings. The second-order valence-corrected chi connectivity index (χ2v) is 4.87. The Morgan fingerprint density at radius 1 is 1.63 bits per heavy atom.